The summed E-state index contributed by atoms with van der Waals surface area (Å²) in [6.07, 6.45) is 3.44. The fraction of sp³-hybridized carbons (Fsp3) is 0.552. The number of halogens is 4. The lowest BCUT2D eigenvalue weighted by atomic mass is 10.1. The van der Waals surface area contributed by atoms with Crippen molar-refractivity contribution in [3.05, 3.63) is 114 Å². The second-order valence-corrected chi connectivity index (χ2v) is 27.5. The van der Waals surface area contributed by atoms with Crippen molar-refractivity contribution in [3.8, 4) is 11.5 Å². The van der Waals surface area contributed by atoms with E-state index in [0.29, 0.717) is 160 Å². The average molecular weight is 1280 g/mol. The fourth-order valence-electron chi connectivity index (χ4n) is 11.2. The molecule has 4 aromatic rings. The fourth-order valence-corrected chi connectivity index (χ4v) is 15.1. The zero-order valence-corrected chi connectivity index (χ0v) is 53.2. The quantitative estimate of drug-likeness (QED) is 0.0303. The number of benzene rings is 4. The molecule has 0 bridgehead atoms. The Kier molecular flexibility index (Phi) is 23.6. The largest absolute Gasteiger partial charge is 0.484 e. The first kappa shape index (κ1) is 65.7. The minimum atomic E-state index is -3.79. The Labute approximate surface area is 515 Å². The van der Waals surface area contributed by atoms with Crippen molar-refractivity contribution in [2.75, 3.05) is 120 Å². The van der Waals surface area contributed by atoms with E-state index in [4.69, 9.17) is 65.4 Å². The molecule has 2 aliphatic heterocycles. The van der Waals surface area contributed by atoms with Crippen LogP contribution in [0, 0.1) is 13.8 Å². The molecule has 20 nitrogen and oxygen atoms in total. The van der Waals surface area contributed by atoms with Gasteiger partial charge in [0.2, 0.25) is 20.0 Å². The third kappa shape index (κ3) is 17.7. The Morgan fingerprint density at radius 1 is 0.560 bits per heavy atom. The van der Waals surface area contributed by atoms with Crippen LogP contribution in [0.4, 0.5) is 9.59 Å². The van der Waals surface area contributed by atoms with Crippen LogP contribution in [-0.4, -0.2) is 193 Å². The van der Waals surface area contributed by atoms with Gasteiger partial charge in [0.1, 0.15) is 23.7 Å². The first-order valence-corrected chi connectivity index (χ1v) is 33.0. The van der Waals surface area contributed by atoms with Gasteiger partial charge >= 0.3 is 12.1 Å². The molecular formula is C58H80Cl4N10O10S2. The maximum absolute atomic E-state index is 13.5. The number of urea groups is 2. The number of sulfonamides is 2. The van der Waals surface area contributed by atoms with E-state index in [-0.39, 0.29) is 58.2 Å². The van der Waals surface area contributed by atoms with Gasteiger partial charge in [-0.3, -0.25) is 9.80 Å². The molecule has 0 spiro atoms. The molecule has 6 N–H and O–H groups in total. The molecular weight excluding hydrogens is 1200 g/mol. The van der Waals surface area contributed by atoms with Crippen LogP contribution in [0.25, 0.3) is 0 Å². The van der Waals surface area contributed by atoms with E-state index in [2.05, 4.69) is 50.3 Å². The highest BCUT2D eigenvalue weighted by atomic mass is 35.5. The summed E-state index contributed by atoms with van der Waals surface area (Å²) in [5, 5.41) is 13.5. The first-order valence-electron chi connectivity index (χ1n) is 28.6. The van der Waals surface area contributed by atoms with Crippen LogP contribution in [0.5, 0.6) is 11.5 Å². The van der Waals surface area contributed by atoms with Gasteiger partial charge in [0, 0.05) is 95.7 Å². The van der Waals surface area contributed by atoms with Crippen LogP contribution < -0.4 is 40.2 Å². The molecule has 6 atom stereocenters. The third-order valence-electron chi connectivity index (χ3n) is 15.8. The van der Waals surface area contributed by atoms with Crippen molar-refractivity contribution >= 4 is 78.5 Å². The van der Waals surface area contributed by atoms with Crippen LogP contribution in [-0.2, 0) is 42.4 Å². The molecule has 4 amide bonds. The van der Waals surface area contributed by atoms with Gasteiger partial charge in [-0.2, -0.15) is 0 Å². The molecule has 4 aromatic carbocycles. The smallest absolute Gasteiger partial charge is 0.314 e. The van der Waals surface area contributed by atoms with Crippen LogP contribution in [0.3, 0.4) is 0 Å². The molecule has 0 saturated carbocycles. The van der Waals surface area contributed by atoms with E-state index < -0.39 is 20.0 Å². The van der Waals surface area contributed by atoms with Crippen molar-refractivity contribution in [1.29, 1.82) is 0 Å². The highest BCUT2D eigenvalue weighted by molar-refractivity contribution is 7.89. The number of likely N-dealkylation sites (tertiary alicyclic amines) is 2. The molecule has 8 rings (SSSR count). The molecule has 2 heterocycles. The van der Waals surface area contributed by atoms with Crippen molar-refractivity contribution < 1.29 is 45.4 Å². The number of carbonyl (C=O) groups excluding carboxylic acids is 2. The predicted octanol–water partition coefficient (Wildman–Crippen LogP) is 6.95. The Morgan fingerprint density at radius 3 is 1.33 bits per heavy atom. The third-order valence-corrected chi connectivity index (χ3v) is 20.0. The molecule has 0 aromatic heterocycles. The Balaban J connectivity index is 0.608. The number of nitrogens with one attached hydrogen (secondary N) is 6. The number of rotatable bonds is 29. The summed E-state index contributed by atoms with van der Waals surface area (Å²) < 4.78 is 84.3. The van der Waals surface area contributed by atoms with Crippen LogP contribution >= 0.6 is 46.4 Å². The van der Waals surface area contributed by atoms with Crippen LogP contribution in [0.15, 0.2) is 70.5 Å². The zero-order valence-electron chi connectivity index (χ0n) is 48.6. The minimum Gasteiger partial charge on any atom is -0.484 e. The molecule has 4 aliphatic rings. The van der Waals surface area contributed by atoms with E-state index in [1.807, 2.05) is 54.2 Å². The van der Waals surface area contributed by atoms with Gasteiger partial charge < -0.3 is 50.0 Å². The number of hydrogen-bond donors (Lipinski definition) is 6. The molecule has 2 saturated heterocycles. The monoisotopic (exact) mass is 1280 g/mol. The highest BCUT2D eigenvalue weighted by Gasteiger charge is 2.40. The van der Waals surface area contributed by atoms with E-state index in [0.717, 1.165) is 35.3 Å². The summed E-state index contributed by atoms with van der Waals surface area (Å²) in [5.41, 5.74) is 5.27. The predicted molar refractivity (Wildman–Crippen MR) is 328 cm³/mol. The number of nitrogens with zero attached hydrogens (tertiary/aromatic N) is 4. The maximum Gasteiger partial charge on any atom is 0.314 e. The number of aryl methyl sites for hydroxylation is 2. The second-order valence-electron chi connectivity index (χ2n) is 22.4. The number of ether oxygens (including phenoxy) is 4. The number of amides is 4. The second kappa shape index (κ2) is 30.1. The minimum absolute atomic E-state index is 0.0233. The Hall–Kier alpha value is -4.24. The summed E-state index contributed by atoms with van der Waals surface area (Å²) >= 11 is 25.8. The summed E-state index contributed by atoms with van der Waals surface area (Å²) in [5.74, 6) is 1.18. The van der Waals surface area contributed by atoms with Crippen molar-refractivity contribution in [2.24, 2.45) is 0 Å². The Bertz CT molecular complexity index is 2960. The van der Waals surface area contributed by atoms with E-state index >= 15 is 0 Å². The van der Waals surface area contributed by atoms with Gasteiger partial charge in [-0.1, -0.05) is 46.4 Å². The normalized spacial score (nSPS) is 20.8. The van der Waals surface area contributed by atoms with Gasteiger partial charge in [-0.25, -0.2) is 35.9 Å². The lowest BCUT2D eigenvalue weighted by Gasteiger charge is -2.28. The average Bonchev–Trinajstić information content (AvgIpc) is 2.86. The van der Waals surface area contributed by atoms with Gasteiger partial charge in [0.15, 0.2) is 0 Å². The topological polar surface area (TPSA) is 224 Å². The van der Waals surface area contributed by atoms with Crippen LogP contribution in [0.1, 0.15) is 71.3 Å². The van der Waals surface area contributed by atoms with Gasteiger partial charge in [-0.15, -0.1) is 0 Å². The number of fused-ring (bicyclic) bond motifs is 2. The molecule has 2 fully saturated rings. The summed E-state index contributed by atoms with van der Waals surface area (Å²) in [7, 11) is 0.390. The van der Waals surface area contributed by atoms with E-state index in [1.165, 1.54) is 0 Å². The molecule has 26 heteroatoms. The standard InChI is InChI=1S/C58H80Cl4N10O10S2/c1-37-27-43(9-11-53(37)81-55-47-29-39(59)31-49(61)45(47)33-51(55)69(3)4)83(75,76)67-41-13-19-71(35-41)21-25-79-23-17-65-57(73)63-15-7-8-16-64-58(74)66-18-24-80-26-22-72-20-14-42(36-72)68-84(77,78)44-10-12-54(38(2)28-44)82-56-48-30-40(60)32-50(62)46(48)34-52(56)70(5)6/h9-12,27-32,41-42,51-52,55-56,67-68H,7-8,13-26,33-36H2,1-6H3,(H2,63,65,73)(H2,64,66,74)/t41-,42-,51+,52+,55+,56+/m1/s1. The number of carbonyl (C=O) groups is 2. The molecule has 2 aliphatic carbocycles. The summed E-state index contributed by atoms with van der Waals surface area (Å²) in [6.45, 7) is 10.6. The SMILES string of the molecule is Cc1cc(S(=O)(=O)N[C@@H]2CCN(CCOCCNC(=O)NCCCCNC(=O)NCCOCCN3CC[C@@H](NS(=O)(=O)c4ccc(O[C@H]5c6cc(Cl)cc(Cl)c6C[C@@H]5N(C)C)c(C)c4)C3)C2)ccc1O[C@H]1c2cc(Cl)cc(Cl)c2C[C@@H]1N(C)C. The van der Waals surface area contributed by atoms with E-state index in [9.17, 15) is 26.4 Å². The number of unbranched alkanes of at least 4 members (excludes halogenated alkanes) is 1. The molecule has 84 heavy (non-hydrogen) atoms. The van der Waals surface area contributed by atoms with Crippen molar-refractivity contribution in [3.63, 3.8) is 0 Å². The lowest BCUT2D eigenvalue weighted by molar-refractivity contribution is 0.110. The summed E-state index contributed by atoms with van der Waals surface area (Å²) in [4.78, 5) is 33.4. The van der Waals surface area contributed by atoms with E-state index in [1.54, 1.807) is 48.5 Å². The number of likely N-dealkylation sites (N-methyl/N-ethyl adjacent to an activating group) is 2. The van der Waals surface area contributed by atoms with Gasteiger partial charge in [0.05, 0.1) is 48.3 Å². The van der Waals surface area contributed by atoms with Crippen LogP contribution in [0.2, 0.25) is 20.1 Å². The number of hydrogen-bond acceptors (Lipinski definition) is 14. The first-order chi connectivity index (χ1) is 40.0. The van der Waals surface area contributed by atoms with Crippen molar-refractivity contribution in [1.82, 2.24) is 50.3 Å². The molecule has 0 unspecified atom stereocenters. The lowest BCUT2D eigenvalue weighted by Crippen LogP contribution is -2.39. The van der Waals surface area contributed by atoms with Crippen molar-refractivity contribution in [2.45, 2.75) is 98.5 Å². The Morgan fingerprint density at radius 2 is 0.952 bits per heavy atom. The molecule has 462 valence electrons. The highest BCUT2D eigenvalue weighted by Crippen LogP contribution is 2.44. The summed E-state index contributed by atoms with van der Waals surface area (Å²) in [6, 6.07) is 16.1. The van der Waals surface area contributed by atoms with Gasteiger partial charge in [-0.05, 0) is 177 Å². The van der Waals surface area contributed by atoms with Gasteiger partial charge in [0.25, 0.3) is 0 Å². The zero-order chi connectivity index (χ0) is 60.3. The molecule has 0 radical (unpaired) electrons. The maximum atomic E-state index is 13.5.